The molecule has 12 nitrogen and oxygen atoms in total. The van der Waals surface area contributed by atoms with Gasteiger partial charge in [-0.3, -0.25) is 14.9 Å². The lowest BCUT2D eigenvalue weighted by Crippen LogP contribution is -2.34. The highest BCUT2D eigenvalue weighted by molar-refractivity contribution is 6.08. The van der Waals surface area contributed by atoms with Gasteiger partial charge in [-0.15, -0.1) is 0 Å². The summed E-state index contributed by atoms with van der Waals surface area (Å²) in [6.07, 6.45) is 0. The number of anilines is 2. The van der Waals surface area contributed by atoms with Gasteiger partial charge in [0.2, 0.25) is 11.7 Å². The van der Waals surface area contributed by atoms with Crippen LogP contribution in [-0.2, 0) is 4.79 Å². The number of nitrogens with zero attached hydrogens (tertiary/aromatic N) is 3. The number of azide groups is 1. The first-order chi connectivity index (χ1) is 15.8. The van der Waals surface area contributed by atoms with E-state index in [2.05, 4.69) is 26.0 Å². The van der Waals surface area contributed by atoms with Crippen LogP contribution in [0.1, 0.15) is 24.2 Å². The van der Waals surface area contributed by atoms with Crippen molar-refractivity contribution >= 4 is 29.2 Å². The lowest BCUT2D eigenvalue weighted by atomic mass is 10.1. The number of hydrogen-bond acceptors (Lipinski definition) is 7. The summed E-state index contributed by atoms with van der Waals surface area (Å²) in [7, 11) is 2.75. The first-order valence-electron chi connectivity index (χ1n) is 9.72. The molecule has 0 unspecified atom stereocenters. The van der Waals surface area contributed by atoms with Crippen LogP contribution in [-0.4, -0.2) is 38.8 Å². The van der Waals surface area contributed by atoms with Gasteiger partial charge in [0.15, 0.2) is 18.2 Å². The monoisotopic (exact) mass is 456 g/mol. The minimum absolute atomic E-state index is 0.0386. The SMILES string of the molecule is COc1cc(C(=O)NC(=O)Nc2cccc(NC(=O)C(C)C)c2)cc(OCN=[N+]=[N-])c1OC. The van der Waals surface area contributed by atoms with Crippen molar-refractivity contribution in [3.8, 4) is 17.2 Å². The van der Waals surface area contributed by atoms with Gasteiger partial charge in [-0.25, -0.2) is 4.79 Å². The highest BCUT2D eigenvalue weighted by Gasteiger charge is 2.19. The topological polar surface area (TPSA) is 164 Å². The maximum atomic E-state index is 12.6. The molecule has 2 aromatic rings. The molecule has 0 radical (unpaired) electrons. The van der Waals surface area contributed by atoms with E-state index in [9.17, 15) is 14.4 Å². The first-order valence-corrected chi connectivity index (χ1v) is 9.72. The number of nitrogens with one attached hydrogen (secondary N) is 3. The average Bonchev–Trinajstić information content (AvgIpc) is 2.78. The molecule has 0 spiro atoms. The fraction of sp³-hybridized carbons (Fsp3) is 0.286. The molecule has 174 valence electrons. The predicted octanol–water partition coefficient (Wildman–Crippen LogP) is 3.91. The van der Waals surface area contributed by atoms with Crippen LogP contribution in [0.3, 0.4) is 0 Å². The van der Waals surface area contributed by atoms with Crippen molar-refractivity contribution in [2.45, 2.75) is 13.8 Å². The molecular formula is C21H24N6O6. The Morgan fingerprint density at radius 1 is 1.03 bits per heavy atom. The van der Waals surface area contributed by atoms with Crippen LogP contribution < -0.4 is 30.2 Å². The van der Waals surface area contributed by atoms with Crippen molar-refractivity contribution in [1.82, 2.24) is 5.32 Å². The van der Waals surface area contributed by atoms with Gasteiger partial charge in [-0.2, -0.15) is 0 Å². The molecule has 0 atom stereocenters. The molecule has 0 bridgehead atoms. The van der Waals surface area contributed by atoms with E-state index in [-0.39, 0.29) is 41.4 Å². The summed E-state index contributed by atoms with van der Waals surface area (Å²) in [5.74, 6) is -0.667. The molecule has 0 aliphatic carbocycles. The molecule has 4 amide bonds. The Morgan fingerprint density at radius 2 is 1.70 bits per heavy atom. The van der Waals surface area contributed by atoms with Gasteiger partial charge >= 0.3 is 6.03 Å². The summed E-state index contributed by atoms with van der Waals surface area (Å²) in [6.45, 7) is 3.18. The number of rotatable bonds is 9. The molecule has 0 aliphatic heterocycles. The molecule has 0 saturated carbocycles. The smallest absolute Gasteiger partial charge is 0.326 e. The van der Waals surface area contributed by atoms with Gasteiger partial charge in [0.1, 0.15) is 0 Å². The third-order valence-corrected chi connectivity index (χ3v) is 4.19. The third-order valence-electron chi connectivity index (χ3n) is 4.19. The number of carbonyl (C=O) groups excluding carboxylic acids is 3. The Bertz CT molecular complexity index is 1080. The molecule has 2 rings (SSSR count). The molecule has 0 heterocycles. The second-order valence-electron chi connectivity index (χ2n) is 6.85. The molecule has 3 N–H and O–H groups in total. The zero-order valence-electron chi connectivity index (χ0n) is 18.5. The fourth-order valence-corrected chi connectivity index (χ4v) is 2.59. The maximum absolute atomic E-state index is 12.6. The molecule has 2 aromatic carbocycles. The predicted molar refractivity (Wildman–Crippen MR) is 121 cm³/mol. The zero-order valence-corrected chi connectivity index (χ0v) is 18.5. The quantitative estimate of drug-likeness (QED) is 0.294. The Hall–Kier alpha value is -4.44. The van der Waals surface area contributed by atoms with Gasteiger partial charge in [0.05, 0.1) is 14.2 Å². The van der Waals surface area contributed by atoms with E-state index in [0.29, 0.717) is 11.4 Å². The number of carbonyl (C=O) groups is 3. The summed E-state index contributed by atoms with van der Waals surface area (Å²) in [6, 6.07) is 8.38. The molecule has 12 heteroatoms. The van der Waals surface area contributed by atoms with E-state index in [1.54, 1.807) is 38.1 Å². The van der Waals surface area contributed by atoms with Crippen LogP contribution in [0.4, 0.5) is 16.2 Å². The Balaban J connectivity index is 2.14. The number of hydrogen-bond donors (Lipinski definition) is 3. The summed E-state index contributed by atoms with van der Waals surface area (Å²) >= 11 is 0. The van der Waals surface area contributed by atoms with E-state index in [0.717, 1.165) is 0 Å². The number of ether oxygens (including phenoxy) is 3. The number of methoxy groups -OCH3 is 2. The van der Waals surface area contributed by atoms with Gasteiger partial charge in [0.25, 0.3) is 5.91 Å². The molecule has 0 aliphatic rings. The summed E-state index contributed by atoms with van der Waals surface area (Å²) in [4.78, 5) is 39.4. The summed E-state index contributed by atoms with van der Waals surface area (Å²) < 4.78 is 15.8. The Kier molecular flexibility index (Phi) is 8.89. The minimum atomic E-state index is -0.793. The molecular weight excluding hydrogens is 432 g/mol. The van der Waals surface area contributed by atoms with Crippen LogP contribution in [0, 0.1) is 5.92 Å². The van der Waals surface area contributed by atoms with Crippen molar-refractivity contribution < 1.29 is 28.6 Å². The Morgan fingerprint density at radius 3 is 2.30 bits per heavy atom. The first kappa shape index (κ1) is 24.8. The Labute approximate surface area is 189 Å². The summed E-state index contributed by atoms with van der Waals surface area (Å²) in [5, 5.41) is 10.7. The van der Waals surface area contributed by atoms with Crippen LogP contribution in [0.5, 0.6) is 17.2 Å². The largest absolute Gasteiger partial charge is 0.493 e. The number of urea groups is 1. The van der Waals surface area contributed by atoms with Crippen molar-refractivity contribution in [1.29, 1.82) is 0 Å². The van der Waals surface area contributed by atoms with Gasteiger partial charge in [-0.05, 0) is 35.9 Å². The minimum Gasteiger partial charge on any atom is -0.493 e. The van der Waals surface area contributed by atoms with Crippen molar-refractivity contribution in [2.24, 2.45) is 11.0 Å². The van der Waals surface area contributed by atoms with Crippen LogP contribution in [0.25, 0.3) is 10.4 Å². The molecule has 33 heavy (non-hydrogen) atoms. The lowest BCUT2D eigenvalue weighted by molar-refractivity contribution is -0.118. The second kappa shape index (κ2) is 11.8. The highest BCUT2D eigenvalue weighted by atomic mass is 16.5. The van der Waals surface area contributed by atoms with Crippen LogP contribution >= 0.6 is 0 Å². The average molecular weight is 456 g/mol. The second-order valence-corrected chi connectivity index (χ2v) is 6.85. The van der Waals surface area contributed by atoms with Gasteiger partial charge in [-0.1, -0.05) is 25.0 Å². The zero-order chi connectivity index (χ0) is 24.4. The third kappa shape index (κ3) is 7.04. The maximum Gasteiger partial charge on any atom is 0.326 e. The van der Waals surface area contributed by atoms with E-state index in [1.165, 1.54) is 26.4 Å². The highest BCUT2D eigenvalue weighted by Crippen LogP contribution is 2.38. The standard InChI is InChI=1S/C21H24N6O6/c1-12(2)19(28)24-14-6-5-7-15(10-14)25-21(30)26-20(29)13-8-16(31-3)18(32-4)17(9-13)33-11-23-27-22/h5-10,12H,11H2,1-4H3,(H,24,28)(H2,25,26,29,30). The lowest BCUT2D eigenvalue weighted by Gasteiger charge is -2.15. The van der Waals surface area contributed by atoms with Gasteiger partial charge in [0, 0.05) is 27.8 Å². The number of benzene rings is 2. The summed E-state index contributed by atoms with van der Waals surface area (Å²) in [5.41, 5.74) is 9.32. The van der Waals surface area contributed by atoms with E-state index >= 15 is 0 Å². The van der Waals surface area contributed by atoms with Crippen LogP contribution in [0.15, 0.2) is 41.5 Å². The van der Waals surface area contributed by atoms with E-state index < -0.39 is 11.9 Å². The molecule has 0 saturated heterocycles. The van der Waals surface area contributed by atoms with E-state index in [4.69, 9.17) is 19.7 Å². The van der Waals surface area contributed by atoms with Crippen molar-refractivity contribution in [3.05, 3.63) is 52.4 Å². The van der Waals surface area contributed by atoms with Crippen LogP contribution in [0.2, 0.25) is 0 Å². The van der Waals surface area contributed by atoms with Crippen molar-refractivity contribution in [2.75, 3.05) is 31.6 Å². The normalized spacial score (nSPS) is 9.97. The van der Waals surface area contributed by atoms with Crippen molar-refractivity contribution in [3.63, 3.8) is 0 Å². The number of amides is 4. The fourth-order valence-electron chi connectivity index (χ4n) is 2.59. The molecule has 0 fully saturated rings. The van der Waals surface area contributed by atoms with E-state index in [1.807, 2.05) is 0 Å². The molecule has 0 aromatic heterocycles. The van der Waals surface area contributed by atoms with Gasteiger partial charge < -0.3 is 24.8 Å². The number of imide groups is 1.